The maximum atomic E-state index is 12.4. The molecule has 0 aliphatic carbocycles. The Morgan fingerprint density at radius 3 is 2.33 bits per heavy atom. The molecular formula is C27H25N3O3. The molecule has 0 saturated carbocycles. The van der Waals surface area contributed by atoms with E-state index in [1.54, 1.807) is 30.5 Å². The van der Waals surface area contributed by atoms with Gasteiger partial charge in [-0.2, -0.15) is 0 Å². The molecule has 1 aromatic heterocycles. The zero-order valence-corrected chi connectivity index (χ0v) is 18.1. The van der Waals surface area contributed by atoms with Crippen molar-refractivity contribution in [2.24, 2.45) is 5.73 Å². The van der Waals surface area contributed by atoms with Gasteiger partial charge in [-0.1, -0.05) is 60.7 Å². The molecule has 6 heteroatoms. The van der Waals surface area contributed by atoms with Gasteiger partial charge in [-0.3, -0.25) is 14.6 Å². The number of aliphatic carboxylic acids is 1. The number of nitrogens with two attached hydrogens (primary N) is 1. The van der Waals surface area contributed by atoms with Crippen molar-refractivity contribution < 1.29 is 14.7 Å². The molecule has 3 aromatic carbocycles. The van der Waals surface area contributed by atoms with E-state index < -0.39 is 12.0 Å². The highest BCUT2D eigenvalue weighted by Gasteiger charge is 2.12. The molecule has 4 aromatic rings. The van der Waals surface area contributed by atoms with Crippen molar-refractivity contribution in [3.8, 4) is 11.1 Å². The van der Waals surface area contributed by atoms with Gasteiger partial charge in [0.1, 0.15) is 6.04 Å². The predicted molar refractivity (Wildman–Crippen MR) is 129 cm³/mol. The van der Waals surface area contributed by atoms with Crippen molar-refractivity contribution in [2.75, 3.05) is 6.54 Å². The first-order valence-corrected chi connectivity index (χ1v) is 10.8. The van der Waals surface area contributed by atoms with Crippen molar-refractivity contribution in [3.63, 3.8) is 0 Å². The van der Waals surface area contributed by atoms with Crippen LogP contribution in [0.15, 0.2) is 85.1 Å². The Hall–Kier alpha value is -4.03. The number of nitrogens with zero attached hydrogens (tertiary/aromatic N) is 1. The largest absolute Gasteiger partial charge is 0.480 e. The molecule has 4 rings (SSSR count). The summed E-state index contributed by atoms with van der Waals surface area (Å²) in [4.78, 5) is 27.8. The average molecular weight is 440 g/mol. The summed E-state index contributed by atoms with van der Waals surface area (Å²) >= 11 is 0. The first-order valence-electron chi connectivity index (χ1n) is 10.8. The summed E-state index contributed by atoms with van der Waals surface area (Å²) in [6, 6.07) is 24.4. The fraction of sp³-hybridized carbons (Fsp3) is 0.148. The molecule has 1 heterocycles. The number of pyridine rings is 1. The lowest BCUT2D eigenvalue weighted by molar-refractivity contribution is -0.138. The second-order valence-electron chi connectivity index (χ2n) is 7.93. The van der Waals surface area contributed by atoms with Crippen molar-refractivity contribution >= 4 is 22.8 Å². The highest BCUT2D eigenvalue weighted by Crippen LogP contribution is 2.27. The van der Waals surface area contributed by atoms with E-state index in [-0.39, 0.29) is 12.3 Å². The van der Waals surface area contributed by atoms with Gasteiger partial charge >= 0.3 is 5.97 Å². The lowest BCUT2D eigenvalue weighted by Gasteiger charge is -2.09. The maximum absolute atomic E-state index is 12.4. The zero-order chi connectivity index (χ0) is 23.2. The summed E-state index contributed by atoms with van der Waals surface area (Å²) in [6.07, 6.45) is 2.74. The van der Waals surface area contributed by atoms with Gasteiger partial charge in [0, 0.05) is 29.3 Å². The highest BCUT2D eigenvalue weighted by molar-refractivity contribution is 5.94. The molecular weight excluding hydrogens is 414 g/mol. The Morgan fingerprint density at radius 1 is 0.909 bits per heavy atom. The molecule has 1 unspecified atom stereocenters. The average Bonchev–Trinajstić information content (AvgIpc) is 2.84. The Labute approximate surface area is 192 Å². The van der Waals surface area contributed by atoms with E-state index in [4.69, 9.17) is 10.8 Å². The third kappa shape index (κ3) is 5.42. The molecule has 166 valence electrons. The van der Waals surface area contributed by atoms with E-state index in [1.165, 1.54) is 0 Å². The molecule has 1 amide bonds. The fourth-order valence-electron chi connectivity index (χ4n) is 3.74. The normalized spacial score (nSPS) is 11.8. The van der Waals surface area contributed by atoms with Crippen LogP contribution < -0.4 is 11.1 Å². The number of carboxylic acids is 1. The van der Waals surface area contributed by atoms with Gasteiger partial charge in [-0.15, -0.1) is 0 Å². The van der Waals surface area contributed by atoms with Crippen molar-refractivity contribution in [3.05, 3.63) is 102 Å². The minimum atomic E-state index is -1.04. The maximum Gasteiger partial charge on any atom is 0.320 e. The molecule has 0 fully saturated rings. The monoisotopic (exact) mass is 439 g/mol. The molecule has 33 heavy (non-hydrogen) atoms. The zero-order valence-electron chi connectivity index (χ0n) is 18.1. The van der Waals surface area contributed by atoms with Crippen LogP contribution in [0.25, 0.3) is 22.0 Å². The molecule has 4 N–H and O–H groups in total. The summed E-state index contributed by atoms with van der Waals surface area (Å²) < 4.78 is 0. The summed E-state index contributed by atoms with van der Waals surface area (Å²) in [5, 5.41) is 12.9. The first-order chi connectivity index (χ1) is 16.0. The Bertz CT molecular complexity index is 1260. The van der Waals surface area contributed by atoms with Crippen LogP contribution in [0.5, 0.6) is 0 Å². The molecule has 0 bridgehead atoms. The minimum absolute atomic E-state index is 0.164. The van der Waals surface area contributed by atoms with Gasteiger partial charge < -0.3 is 16.2 Å². The van der Waals surface area contributed by atoms with Gasteiger partial charge in [-0.25, -0.2) is 0 Å². The first kappa shape index (κ1) is 22.2. The number of nitrogens with one attached hydrogen (secondary N) is 1. The number of carbonyl (C=O) groups is 2. The summed E-state index contributed by atoms with van der Waals surface area (Å²) in [6.45, 7) is 0.514. The molecule has 1 atom stereocenters. The number of para-hydroxylation sites is 1. The van der Waals surface area contributed by atoms with Gasteiger partial charge in [0.05, 0.1) is 5.52 Å². The third-order valence-corrected chi connectivity index (χ3v) is 5.59. The number of carbonyl (C=O) groups excluding carboxylic acids is 1. The van der Waals surface area contributed by atoms with E-state index >= 15 is 0 Å². The van der Waals surface area contributed by atoms with Crippen LogP contribution in [0.3, 0.4) is 0 Å². The van der Waals surface area contributed by atoms with E-state index in [2.05, 4.69) is 52.8 Å². The van der Waals surface area contributed by atoms with Crippen LogP contribution in [0.2, 0.25) is 0 Å². The minimum Gasteiger partial charge on any atom is -0.480 e. The highest BCUT2D eigenvalue weighted by atomic mass is 16.4. The lowest BCUT2D eigenvalue weighted by atomic mass is 10.00. The van der Waals surface area contributed by atoms with E-state index in [0.29, 0.717) is 18.5 Å². The number of carboxylic acid groups (broad SMARTS) is 1. The number of hydrogen-bond acceptors (Lipinski definition) is 4. The number of fused-ring (bicyclic) bond motifs is 1. The van der Waals surface area contributed by atoms with Gasteiger partial charge in [0.25, 0.3) is 5.91 Å². The standard InChI is InChI=1S/C27H25N3O3/c28-24(27(32)33)17-19-8-12-22(13-9-19)26(31)30-16-14-18-6-10-20(11-7-18)23-5-1-3-21-4-2-15-29-25(21)23/h1-13,15,24H,14,16-17,28H2,(H,30,31)(H,32,33). The number of hydrogen-bond donors (Lipinski definition) is 3. The molecule has 0 spiro atoms. The smallest absolute Gasteiger partial charge is 0.320 e. The van der Waals surface area contributed by atoms with Gasteiger partial charge in [-0.05, 0) is 47.7 Å². The summed E-state index contributed by atoms with van der Waals surface area (Å²) in [7, 11) is 0. The van der Waals surface area contributed by atoms with Gasteiger partial charge in [0.2, 0.25) is 0 Å². The third-order valence-electron chi connectivity index (χ3n) is 5.59. The number of aromatic nitrogens is 1. The van der Waals surface area contributed by atoms with Crippen molar-refractivity contribution in [2.45, 2.75) is 18.9 Å². The second-order valence-corrected chi connectivity index (χ2v) is 7.93. The van der Waals surface area contributed by atoms with Crippen LogP contribution >= 0.6 is 0 Å². The molecule has 0 radical (unpaired) electrons. The van der Waals surface area contributed by atoms with Crippen molar-refractivity contribution in [1.82, 2.24) is 10.3 Å². The Morgan fingerprint density at radius 2 is 1.61 bits per heavy atom. The van der Waals surface area contributed by atoms with Gasteiger partial charge in [0.15, 0.2) is 0 Å². The fourth-order valence-corrected chi connectivity index (χ4v) is 3.74. The number of benzene rings is 3. The van der Waals surface area contributed by atoms with Crippen LogP contribution in [-0.4, -0.2) is 34.6 Å². The molecule has 0 aliphatic rings. The van der Waals surface area contributed by atoms with E-state index in [0.717, 1.165) is 33.2 Å². The summed E-state index contributed by atoms with van der Waals surface area (Å²) in [5.74, 6) is -1.21. The van der Waals surface area contributed by atoms with Crippen LogP contribution in [-0.2, 0) is 17.6 Å². The van der Waals surface area contributed by atoms with Crippen LogP contribution in [0.1, 0.15) is 21.5 Å². The van der Waals surface area contributed by atoms with Crippen LogP contribution in [0, 0.1) is 0 Å². The Kier molecular flexibility index (Phi) is 6.76. The summed E-state index contributed by atoms with van der Waals surface area (Å²) in [5.41, 5.74) is 11.2. The van der Waals surface area contributed by atoms with E-state index in [9.17, 15) is 9.59 Å². The van der Waals surface area contributed by atoms with E-state index in [1.807, 2.05) is 12.1 Å². The SMILES string of the molecule is NC(Cc1ccc(C(=O)NCCc2ccc(-c3cccc4cccnc34)cc2)cc1)C(=O)O. The van der Waals surface area contributed by atoms with Crippen molar-refractivity contribution in [1.29, 1.82) is 0 Å². The molecule has 0 saturated heterocycles. The quantitative estimate of drug-likeness (QED) is 0.387. The lowest BCUT2D eigenvalue weighted by Crippen LogP contribution is -2.32. The Balaban J connectivity index is 1.32. The second kappa shape index (κ2) is 10.1. The molecule has 0 aliphatic heterocycles. The number of rotatable bonds is 8. The topological polar surface area (TPSA) is 105 Å². The van der Waals surface area contributed by atoms with Crippen LogP contribution in [0.4, 0.5) is 0 Å². The molecule has 6 nitrogen and oxygen atoms in total. The predicted octanol–water partition coefficient (Wildman–Crippen LogP) is 3.83. The number of amides is 1.